The number of aliphatic hydroxyl groups excluding tert-OH is 1. The fraction of sp³-hybridized carbons (Fsp3) is 0.312. The van der Waals surface area contributed by atoms with Gasteiger partial charge in [0.1, 0.15) is 5.75 Å². The van der Waals surface area contributed by atoms with Crippen molar-refractivity contribution in [3.63, 3.8) is 0 Å². The molecule has 2 aromatic rings. The van der Waals surface area contributed by atoms with Gasteiger partial charge in [-0.05, 0) is 41.6 Å². The minimum atomic E-state index is -0.277. The Hall–Kier alpha value is -2.05. The van der Waals surface area contributed by atoms with Gasteiger partial charge >= 0.3 is 6.03 Å². The highest BCUT2D eigenvalue weighted by Crippen LogP contribution is 2.27. The molecule has 3 N–H and O–H groups in total. The van der Waals surface area contributed by atoms with Crippen molar-refractivity contribution >= 4 is 17.4 Å². The molecule has 0 aliphatic rings. The molecule has 0 saturated heterocycles. The number of hydrogen-bond acceptors (Lipinski definition) is 4. The maximum absolute atomic E-state index is 11.6. The third-order valence-corrected chi connectivity index (χ3v) is 4.09. The molecule has 0 fully saturated rings. The van der Waals surface area contributed by atoms with Gasteiger partial charge in [0.15, 0.2) is 0 Å². The van der Waals surface area contributed by atoms with Crippen LogP contribution in [0.2, 0.25) is 0 Å². The van der Waals surface area contributed by atoms with Crippen LogP contribution >= 0.6 is 11.3 Å². The third-order valence-electron chi connectivity index (χ3n) is 3.15. The number of hydrogen-bond donors (Lipinski definition) is 3. The zero-order valence-corrected chi connectivity index (χ0v) is 13.4. The smallest absolute Gasteiger partial charge is 0.315 e. The first-order chi connectivity index (χ1) is 10.6. The number of nitrogens with one attached hydrogen (secondary N) is 2. The molecule has 2 rings (SSSR count). The van der Waals surface area contributed by atoms with E-state index in [9.17, 15) is 4.79 Å². The molecule has 1 heterocycles. The predicted molar refractivity (Wildman–Crippen MR) is 88.2 cm³/mol. The molecular formula is C16H20N2O3S. The molecule has 1 aromatic carbocycles. The summed E-state index contributed by atoms with van der Waals surface area (Å²) in [5.41, 5.74) is 2.23. The van der Waals surface area contributed by atoms with Gasteiger partial charge in [-0.15, -0.1) is 11.3 Å². The maximum Gasteiger partial charge on any atom is 0.315 e. The number of carbonyl (C=O) groups excluding carboxylic acids is 1. The number of aliphatic hydroxyl groups is 1. The summed E-state index contributed by atoms with van der Waals surface area (Å²) in [4.78, 5) is 12.7. The maximum atomic E-state index is 11.6. The number of ether oxygens (including phenoxy) is 1. The highest BCUT2D eigenvalue weighted by Gasteiger charge is 2.07. The molecule has 2 amide bonds. The Morgan fingerprint density at radius 1 is 1.32 bits per heavy atom. The topological polar surface area (TPSA) is 70.6 Å². The van der Waals surface area contributed by atoms with Gasteiger partial charge in [0, 0.05) is 4.88 Å². The molecule has 1 unspecified atom stereocenters. The van der Waals surface area contributed by atoms with Crippen LogP contribution in [0.3, 0.4) is 0 Å². The second-order valence-corrected chi connectivity index (χ2v) is 5.94. The van der Waals surface area contributed by atoms with Gasteiger partial charge in [0.2, 0.25) is 0 Å². The fourth-order valence-corrected chi connectivity index (χ4v) is 2.73. The lowest BCUT2D eigenvalue weighted by atomic mass is 10.1. The molecule has 22 heavy (non-hydrogen) atoms. The van der Waals surface area contributed by atoms with Crippen LogP contribution in [0.15, 0.2) is 35.7 Å². The van der Waals surface area contributed by atoms with E-state index in [0.29, 0.717) is 6.54 Å². The van der Waals surface area contributed by atoms with E-state index in [2.05, 4.69) is 22.1 Å². The van der Waals surface area contributed by atoms with E-state index in [4.69, 9.17) is 9.84 Å². The van der Waals surface area contributed by atoms with Crippen LogP contribution in [0.5, 0.6) is 5.75 Å². The zero-order valence-electron chi connectivity index (χ0n) is 12.6. The number of methoxy groups -OCH3 is 1. The SMILES string of the molecule is COc1ccc(-c2csc(CNC(=O)NC(C)CO)c2)cc1. The van der Waals surface area contributed by atoms with E-state index in [-0.39, 0.29) is 18.7 Å². The monoisotopic (exact) mass is 320 g/mol. The summed E-state index contributed by atoms with van der Waals surface area (Å²) >= 11 is 1.60. The van der Waals surface area contributed by atoms with Crippen LogP contribution in [0, 0.1) is 0 Å². The predicted octanol–water partition coefficient (Wildman–Crippen LogP) is 2.60. The zero-order chi connectivity index (χ0) is 15.9. The number of urea groups is 1. The fourth-order valence-electron chi connectivity index (χ4n) is 1.90. The summed E-state index contributed by atoms with van der Waals surface area (Å²) < 4.78 is 5.15. The van der Waals surface area contributed by atoms with Crippen LogP contribution in [0.4, 0.5) is 4.79 Å². The summed E-state index contributed by atoms with van der Waals surface area (Å²) in [6, 6.07) is 9.40. The summed E-state index contributed by atoms with van der Waals surface area (Å²) in [7, 11) is 1.64. The number of benzene rings is 1. The van der Waals surface area contributed by atoms with Gasteiger partial charge in [-0.3, -0.25) is 0 Å². The van der Waals surface area contributed by atoms with Crippen molar-refractivity contribution in [2.75, 3.05) is 13.7 Å². The Kier molecular flexibility index (Phi) is 5.80. The van der Waals surface area contributed by atoms with E-state index in [1.54, 1.807) is 25.4 Å². The van der Waals surface area contributed by atoms with Gasteiger partial charge in [-0.1, -0.05) is 12.1 Å². The Bertz CT molecular complexity index is 610. The van der Waals surface area contributed by atoms with E-state index in [1.165, 1.54) is 0 Å². The number of amides is 2. The van der Waals surface area contributed by atoms with Crippen molar-refractivity contribution in [3.05, 3.63) is 40.6 Å². The molecular weight excluding hydrogens is 300 g/mol. The molecule has 0 bridgehead atoms. The van der Waals surface area contributed by atoms with Crippen LogP contribution in [0.25, 0.3) is 11.1 Å². The minimum Gasteiger partial charge on any atom is -0.497 e. The number of rotatable bonds is 6. The van der Waals surface area contributed by atoms with Crippen molar-refractivity contribution in [2.24, 2.45) is 0 Å². The summed E-state index contributed by atoms with van der Waals surface area (Å²) in [6.07, 6.45) is 0. The van der Waals surface area contributed by atoms with Crippen molar-refractivity contribution in [2.45, 2.75) is 19.5 Å². The lowest BCUT2D eigenvalue weighted by molar-refractivity contribution is 0.220. The van der Waals surface area contributed by atoms with E-state index in [0.717, 1.165) is 21.8 Å². The number of thiophene rings is 1. The van der Waals surface area contributed by atoms with E-state index in [1.807, 2.05) is 24.3 Å². The second-order valence-electron chi connectivity index (χ2n) is 4.94. The third kappa shape index (κ3) is 4.47. The quantitative estimate of drug-likeness (QED) is 0.766. The molecule has 1 aromatic heterocycles. The van der Waals surface area contributed by atoms with Crippen LogP contribution in [0.1, 0.15) is 11.8 Å². The summed E-state index contributed by atoms with van der Waals surface area (Å²) in [5, 5.41) is 16.4. The average Bonchev–Trinajstić information content (AvgIpc) is 3.02. The van der Waals surface area contributed by atoms with Crippen LogP contribution in [-0.4, -0.2) is 30.9 Å². The molecule has 6 heteroatoms. The van der Waals surface area contributed by atoms with Gasteiger partial charge in [-0.25, -0.2) is 4.79 Å². The first-order valence-electron chi connectivity index (χ1n) is 6.99. The summed E-state index contributed by atoms with van der Waals surface area (Å²) in [5.74, 6) is 0.829. The lowest BCUT2D eigenvalue weighted by Crippen LogP contribution is -2.41. The van der Waals surface area contributed by atoms with E-state index >= 15 is 0 Å². The normalized spacial score (nSPS) is 11.8. The number of carbonyl (C=O) groups is 1. The largest absolute Gasteiger partial charge is 0.497 e. The molecule has 5 nitrogen and oxygen atoms in total. The Labute approximate surface area is 133 Å². The average molecular weight is 320 g/mol. The molecule has 0 spiro atoms. The standard InChI is InChI=1S/C16H20N2O3S/c1-11(9-19)18-16(20)17-8-15-7-13(10-22-15)12-3-5-14(21-2)6-4-12/h3-7,10-11,19H,8-9H2,1-2H3,(H2,17,18,20). The Balaban J connectivity index is 1.92. The first kappa shape index (κ1) is 16.3. The molecule has 0 aliphatic heterocycles. The molecule has 0 radical (unpaired) electrons. The van der Waals surface area contributed by atoms with Gasteiger partial charge in [-0.2, -0.15) is 0 Å². The first-order valence-corrected chi connectivity index (χ1v) is 7.87. The minimum absolute atomic E-state index is 0.0754. The highest BCUT2D eigenvalue weighted by molar-refractivity contribution is 7.10. The molecule has 0 saturated carbocycles. The van der Waals surface area contributed by atoms with Crippen molar-refractivity contribution in [1.82, 2.24) is 10.6 Å². The highest BCUT2D eigenvalue weighted by atomic mass is 32.1. The molecule has 1 atom stereocenters. The van der Waals surface area contributed by atoms with Gasteiger partial charge in [0.05, 0.1) is 26.3 Å². The lowest BCUT2D eigenvalue weighted by Gasteiger charge is -2.11. The van der Waals surface area contributed by atoms with Gasteiger partial charge in [0.25, 0.3) is 0 Å². The van der Waals surface area contributed by atoms with E-state index < -0.39 is 0 Å². The Morgan fingerprint density at radius 3 is 2.68 bits per heavy atom. The van der Waals surface area contributed by atoms with Crippen molar-refractivity contribution in [3.8, 4) is 16.9 Å². The molecule has 118 valence electrons. The van der Waals surface area contributed by atoms with Crippen molar-refractivity contribution in [1.29, 1.82) is 0 Å². The second kappa shape index (κ2) is 7.82. The van der Waals surface area contributed by atoms with Crippen LogP contribution in [-0.2, 0) is 6.54 Å². The van der Waals surface area contributed by atoms with Gasteiger partial charge < -0.3 is 20.5 Å². The van der Waals surface area contributed by atoms with Crippen LogP contribution < -0.4 is 15.4 Å². The summed E-state index contributed by atoms with van der Waals surface area (Å²) in [6.45, 7) is 2.13. The van der Waals surface area contributed by atoms with Crippen molar-refractivity contribution < 1.29 is 14.6 Å². The molecule has 0 aliphatic carbocycles. The Morgan fingerprint density at radius 2 is 2.05 bits per heavy atom.